The van der Waals surface area contributed by atoms with Gasteiger partial charge in [0.05, 0.1) is 12.5 Å². The maximum absolute atomic E-state index is 10.3. The number of thioether (sulfide) groups is 1. The van der Waals surface area contributed by atoms with E-state index in [1.807, 2.05) is 30.3 Å². The van der Waals surface area contributed by atoms with Crippen molar-refractivity contribution in [2.45, 2.75) is 17.4 Å². The summed E-state index contributed by atoms with van der Waals surface area (Å²) in [6, 6.07) is 10.1. The molecule has 1 rings (SSSR count). The monoisotopic (exact) mass is 255 g/mol. The second-order valence-corrected chi connectivity index (χ2v) is 4.79. The van der Waals surface area contributed by atoms with Gasteiger partial charge in [0.25, 0.3) is 0 Å². The first-order valence-corrected chi connectivity index (χ1v) is 6.45. The molecule has 0 heterocycles. The third-order valence-electron chi connectivity index (χ3n) is 2.08. The Bertz CT molecular complexity index is 332. The highest BCUT2D eigenvalue weighted by Crippen LogP contribution is 2.15. The minimum absolute atomic E-state index is 0.209. The highest BCUT2D eigenvalue weighted by atomic mass is 32.2. The molecule has 0 saturated carbocycles. The first-order valence-electron chi connectivity index (χ1n) is 5.47. The van der Waals surface area contributed by atoms with Gasteiger partial charge in [-0.25, -0.2) is 0 Å². The van der Waals surface area contributed by atoms with E-state index in [1.54, 1.807) is 11.8 Å². The minimum Gasteiger partial charge on any atom is -0.481 e. The second-order valence-electron chi connectivity index (χ2n) is 3.62. The predicted octanol–water partition coefficient (Wildman–Crippen LogP) is 1.20. The van der Waals surface area contributed by atoms with E-state index < -0.39 is 12.1 Å². The van der Waals surface area contributed by atoms with E-state index in [2.05, 4.69) is 5.32 Å². The van der Waals surface area contributed by atoms with Crippen molar-refractivity contribution in [3.05, 3.63) is 30.3 Å². The molecule has 0 saturated heterocycles. The minimum atomic E-state index is -0.974. The highest BCUT2D eigenvalue weighted by molar-refractivity contribution is 7.99. The van der Waals surface area contributed by atoms with Crippen molar-refractivity contribution in [3.8, 4) is 0 Å². The number of benzene rings is 1. The molecule has 0 spiro atoms. The van der Waals surface area contributed by atoms with Crippen LogP contribution in [0.4, 0.5) is 0 Å². The normalized spacial score (nSPS) is 12.3. The summed E-state index contributed by atoms with van der Waals surface area (Å²) in [6.07, 6.45) is -1.02. The van der Waals surface area contributed by atoms with Crippen LogP contribution >= 0.6 is 11.8 Å². The van der Waals surface area contributed by atoms with Gasteiger partial charge in [-0.15, -0.1) is 11.8 Å². The van der Waals surface area contributed by atoms with E-state index in [0.29, 0.717) is 6.54 Å². The molecule has 1 unspecified atom stereocenters. The number of aliphatic carboxylic acids is 1. The van der Waals surface area contributed by atoms with Crippen molar-refractivity contribution < 1.29 is 15.0 Å². The molecule has 94 valence electrons. The maximum atomic E-state index is 10.3. The van der Waals surface area contributed by atoms with Crippen LogP contribution in [0, 0.1) is 0 Å². The molecule has 0 aliphatic carbocycles. The SMILES string of the molecule is O=C(O)CC(O)CNCCSc1ccccc1. The Morgan fingerprint density at radius 3 is 2.71 bits per heavy atom. The summed E-state index contributed by atoms with van der Waals surface area (Å²) >= 11 is 1.73. The largest absolute Gasteiger partial charge is 0.481 e. The van der Waals surface area contributed by atoms with Gasteiger partial charge in [-0.1, -0.05) is 18.2 Å². The molecule has 0 aliphatic rings. The summed E-state index contributed by atoms with van der Waals surface area (Å²) in [4.78, 5) is 11.5. The Hall–Kier alpha value is -1.04. The van der Waals surface area contributed by atoms with Crippen molar-refractivity contribution in [2.24, 2.45) is 0 Å². The highest BCUT2D eigenvalue weighted by Gasteiger charge is 2.07. The average Bonchev–Trinajstić information content (AvgIpc) is 2.29. The fourth-order valence-corrected chi connectivity index (χ4v) is 2.13. The van der Waals surface area contributed by atoms with Crippen LogP contribution in [-0.4, -0.2) is 41.1 Å². The first kappa shape index (κ1) is 14.0. The Labute approximate surface area is 105 Å². The van der Waals surface area contributed by atoms with E-state index in [9.17, 15) is 9.90 Å². The van der Waals surface area contributed by atoms with Crippen molar-refractivity contribution >= 4 is 17.7 Å². The molecule has 0 bridgehead atoms. The number of carbonyl (C=O) groups is 1. The zero-order chi connectivity index (χ0) is 12.5. The molecule has 17 heavy (non-hydrogen) atoms. The lowest BCUT2D eigenvalue weighted by Crippen LogP contribution is -2.30. The number of carboxylic acids is 1. The predicted molar refractivity (Wildman–Crippen MR) is 68.3 cm³/mol. The van der Waals surface area contributed by atoms with E-state index in [0.717, 1.165) is 12.3 Å². The lowest BCUT2D eigenvalue weighted by Gasteiger charge is -2.09. The molecule has 3 N–H and O–H groups in total. The fraction of sp³-hybridized carbons (Fsp3) is 0.417. The van der Waals surface area contributed by atoms with Crippen molar-refractivity contribution in [3.63, 3.8) is 0 Å². The Kier molecular flexibility index (Phi) is 6.69. The molecule has 4 nitrogen and oxygen atoms in total. The van der Waals surface area contributed by atoms with Gasteiger partial charge in [-0.2, -0.15) is 0 Å². The number of hydrogen-bond donors (Lipinski definition) is 3. The molecular formula is C12H17NO3S. The van der Waals surface area contributed by atoms with Crippen LogP contribution in [0.15, 0.2) is 35.2 Å². The zero-order valence-electron chi connectivity index (χ0n) is 9.50. The van der Waals surface area contributed by atoms with Gasteiger partial charge in [-0.05, 0) is 12.1 Å². The van der Waals surface area contributed by atoms with Crippen molar-refractivity contribution in [1.29, 1.82) is 0 Å². The first-order chi connectivity index (χ1) is 8.18. The van der Waals surface area contributed by atoms with Crippen LogP contribution < -0.4 is 5.32 Å². The number of rotatable bonds is 8. The van der Waals surface area contributed by atoms with Crippen LogP contribution in [0.5, 0.6) is 0 Å². The van der Waals surface area contributed by atoms with Crippen LogP contribution in [0.25, 0.3) is 0 Å². The van der Waals surface area contributed by atoms with Crippen LogP contribution in [0.2, 0.25) is 0 Å². The van der Waals surface area contributed by atoms with Gasteiger partial charge in [0.15, 0.2) is 0 Å². The number of carboxylic acid groups (broad SMARTS) is 1. The molecule has 5 heteroatoms. The van der Waals surface area contributed by atoms with E-state index in [1.165, 1.54) is 4.90 Å². The van der Waals surface area contributed by atoms with Gasteiger partial charge < -0.3 is 15.5 Å². The van der Waals surface area contributed by atoms with Gasteiger partial charge in [0.1, 0.15) is 0 Å². The number of aliphatic hydroxyl groups is 1. The van der Waals surface area contributed by atoms with Crippen LogP contribution in [0.3, 0.4) is 0 Å². The molecule has 1 aromatic rings. The second kappa shape index (κ2) is 8.11. The molecular weight excluding hydrogens is 238 g/mol. The number of hydrogen-bond acceptors (Lipinski definition) is 4. The summed E-state index contributed by atoms with van der Waals surface area (Å²) in [5, 5.41) is 20.8. The number of nitrogens with one attached hydrogen (secondary N) is 1. The number of aliphatic hydroxyl groups excluding tert-OH is 1. The van der Waals surface area contributed by atoms with Crippen molar-refractivity contribution in [2.75, 3.05) is 18.8 Å². The quantitative estimate of drug-likeness (QED) is 0.481. The Balaban J connectivity index is 2.03. The molecule has 0 aliphatic heterocycles. The van der Waals surface area contributed by atoms with Crippen LogP contribution in [-0.2, 0) is 4.79 Å². The third-order valence-corrected chi connectivity index (χ3v) is 3.09. The molecule has 1 atom stereocenters. The lowest BCUT2D eigenvalue weighted by molar-refractivity contribution is -0.139. The maximum Gasteiger partial charge on any atom is 0.306 e. The summed E-state index contributed by atoms with van der Waals surface area (Å²) in [5.74, 6) is -0.0814. The summed E-state index contributed by atoms with van der Waals surface area (Å²) in [5.41, 5.74) is 0. The van der Waals surface area contributed by atoms with Crippen molar-refractivity contribution in [1.82, 2.24) is 5.32 Å². The van der Waals surface area contributed by atoms with Crippen LogP contribution in [0.1, 0.15) is 6.42 Å². The Morgan fingerprint density at radius 2 is 2.06 bits per heavy atom. The van der Waals surface area contributed by atoms with Gasteiger partial charge in [0, 0.05) is 23.7 Å². The standard InChI is InChI=1S/C12H17NO3S/c14-10(8-12(15)16)9-13-6-7-17-11-4-2-1-3-5-11/h1-5,10,13-14H,6-9H2,(H,15,16). The summed E-state index contributed by atoms with van der Waals surface area (Å²) in [6.45, 7) is 1.07. The molecule has 0 radical (unpaired) electrons. The fourth-order valence-electron chi connectivity index (χ4n) is 1.30. The summed E-state index contributed by atoms with van der Waals surface area (Å²) in [7, 11) is 0. The lowest BCUT2D eigenvalue weighted by atomic mass is 10.2. The summed E-state index contributed by atoms with van der Waals surface area (Å²) < 4.78 is 0. The molecule has 0 aromatic heterocycles. The van der Waals surface area contributed by atoms with Gasteiger partial charge in [0.2, 0.25) is 0 Å². The topological polar surface area (TPSA) is 69.6 Å². The van der Waals surface area contributed by atoms with E-state index in [4.69, 9.17) is 5.11 Å². The average molecular weight is 255 g/mol. The van der Waals surface area contributed by atoms with E-state index >= 15 is 0 Å². The van der Waals surface area contributed by atoms with Gasteiger partial charge in [-0.3, -0.25) is 4.79 Å². The van der Waals surface area contributed by atoms with E-state index in [-0.39, 0.29) is 6.42 Å². The van der Waals surface area contributed by atoms with Gasteiger partial charge >= 0.3 is 5.97 Å². The Morgan fingerprint density at radius 1 is 1.35 bits per heavy atom. The third kappa shape index (κ3) is 6.99. The molecule has 0 fully saturated rings. The smallest absolute Gasteiger partial charge is 0.306 e. The molecule has 0 amide bonds. The molecule has 1 aromatic carbocycles. The zero-order valence-corrected chi connectivity index (χ0v) is 10.3.